The fraction of sp³-hybridized carbons (Fsp3) is 0.163. The summed E-state index contributed by atoms with van der Waals surface area (Å²) in [7, 11) is 0. The first kappa shape index (κ1) is 29.4. The summed E-state index contributed by atoms with van der Waals surface area (Å²) >= 11 is 0. The van der Waals surface area contributed by atoms with E-state index in [-0.39, 0.29) is 11.2 Å². The molecule has 0 heterocycles. The monoisotopic (exact) mass is 600 g/mol. The van der Waals surface area contributed by atoms with Crippen LogP contribution in [-0.2, 0) is 5.41 Å². The van der Waals surface area contributed by atoms with E-state index in [2.05, 4.69) is 144 Å². The molecule has 0 radical (unpaired) electrons. The van der Waals surface area contributed by atoms with E-state index in [0.717, 1.165) is 47.0 Å². The van der Waals surface area contributed by atoms with Crippen LogP contribution >= 0.6 is 0 Å². The van der Waals surface area contributed by atoms with E-state index in [1.54, 1.807) is 6.07 Å². The summed E-state index contributed by atoms with van der Waals surface area (Å²) in [6.45, 7) is 2.15. The Morgan fingerprint density at radius 1 is 0.435 bits per heavy atom. The molecule has 46 heavy (non-hydrogen) atoms. The summed E-state index contributed by atoms with van der Waals surface area (Å²) in [6.07, 6.45) is 6.01. The molecule has 1 saturated carbocycles. The lowest BCUT2D eigenvalue weighted by molar-refractivity contribution is 0.346. The first-order valence-electron chi connectivity index (χ1n) is 16.4. The topological polar surface area (TPSA) is 26.7 Å². The van der Waals surface area contributed by atoms with Gasteiger partial charge in [-0.2, -0.15) is 0 Å². The summed E-state index contributed by atoms with van der Waals surface area (Å²) in [5, 5.41) is 10.3. The summed E-state index contributed by atoms with van der Waals surface area (Å²) in [6, 6.07) is 55.7. The number of phenols is 1. The van der Waals surface area contributed by atoms with Crippen molar-refractivity contribution >= 4 is 34.1 Å². The molecule has 3 nitrogen and oxygen atoms in total. The fourth-order valence-electron chi connectivity index (χ4n) is 7.21. The van der Waals surface area contributed by atoms with Crippen LogP contribution in [0, 0.1) is 6.92 Å². The van der Waals surface area contributed by atoms with Crippen LogP contribution in [0.3, 0.4) is 0 Å². The molecule has 0 atom stereocenters. The number of rotatable bonds is 8. The summed E-state index contributed by atoms with van der Waals surface area (Å²) in [4.78, 5) is 4.55. The molecule has 0 unspecified atom stereocenters. The van der Waals surface area contributed by atoms with Gasteiger partial charge in [0.05, 0.1) is 0 Å². The van der Waals surface area contributed by atoms with Crippen LogP contribution in [-0.4, -0.2) is 5.11 Å². The maximum Gasteiger partial charge on any atom is 0.117 e. The summed E-state index contributed by atoms with van der Waals surface area (Å²) < 4.78 is 0. The molecule has 3 heteroatoms. The number of para-hydroxylation sites is 2. The highest BCUT2D eigenvalue weighted by molar-refractivity contribution is 5.78. The maximum absolute atomic E-state index is 10.3. The van der Waals surface area contributed by atoms with E-state index in [9.17, 15) is 5.11 Å². The normalized spacial score (nSPS) is 14.0. The first-order chi connectivity index (χ1) is 22.6. The fourth-order valence-corrected chi connectivity index (χ4v) is 7.21. The number of benzene rings is 6. The van der Waals surface area contributed by atoms with E-state index >= 15 is 0 Å². The summed E-state index contributed by atoms with van der Waals surface area (Å²) in [5.74, 6) is 0.257. The van der Waals surface area contributed by atoms with Crippen LogP contribution in [0.15, 0.2) is 158 Å². The third-order valence-electron chi connectivity index (χ3n) is 9.44. The third-order valence-corrected chi connectivity index (χ3v) is 9.44. The quantitative estimate of drug-likeness (QED) is 0.188. The van der Waals surface area contributed by atoms with Gasteiger partial charge in [-0.25, -0.2) is 0 Å². The Hall–Kier alpha value is -5.28. The van der Waals surface area contributed by atoms with Gasteiger partial charge in [-0.15, -0.1) is 0 Å². The average Bonchev–Trinajstić information content (AvgIpc) is 3.11. The lowest BCUT2D eigenvalue weighted by Crippen LogP contribution is -2.30. The SMILES string of the molecule is Cc1cccc(N(c2ccccc2)c2ccc(C3(c4ccc(N(c5ccccc5)c5cccc(O)c5)cc4)CCCCC3)cc2)c1. The molecule has 6 aromatic rings. The standard InChI is InChI=1S/C43H40N2O/c1-33-13-11-18-40(31-33)44(36-14-5-2-6-15-36)38-25-21-34(22-26-38)43(29-9-4-10-30-43)35-23-27-39(28-24-35)45(37-16-7-3-8-17-37)41-19-12-20-42(46)32-41/h2-3,5-8,11-28,31-32,46H,4,9-10,29-30H2,1H3. The van der Waals surface area contributed by atoms with E-state index in [1.807, 2.05) is 24.3 Å². The van der Waals surface area contributed by atoms with Gasteiger partial charge in [0.2, 0.25) is 0 Å². The predicted octanol–water partition coefficient (Wildman–Crippen LogP) is 11.9. The van der Waals surface area contributed by atoms with Crippen molar-refractivity contribution in [3.8, 4) is 5.75 Å². The lowest BCUT2D eigenvalue weighted by Gasteiger charge is -2.39. The molecule has 0 bridgehead atoms. The lowest BCUT2D eigenvalue weighted by atomic mass is 9.65. The Bertz CT molecular complexity index is 1740. The van der Waals surface area contributed by atoms with Crippen molar-refractivity contribution in [1.82, 2.24) is 0 Å². The zero-order valence-electron chi connectivity index (χ0n) is 26.4. The Kier molecular flexibility index (Phi) is 8.31. The molecule has 7 rings (SSSR count). The van der Waals surface area contributed by atoms with Gasteiger partial charge >= 0.3 is 0 Å². The van der Waals surface area contributed by atoms with E-state index in [4.69, 9.17) is 0 Å². The molecule has 0 aromatic heterocycles. The maximum atomic E-state index is 10.3. The molecule has 228 valence electrons. The number of anilines is 6. The molecule has 6 aromatic carbocycles. The van der Waals surface area contributed by atoms with Crippen molar-refractivity contribution in [2.24, 2.45) is 0 Å². The highest BCUT2D eigenvalue weighted by Crippen LogP contribution is 2.47. The van der Waals surface area contributed by atoms with Gasteiger partial charge in [-0.1, -0.05) is 98.1 Å². The minimum absolute atomic E-state index is 0.0290. The number of hydrogen-bond acceptors (Lipinski definition) is 3. The Morgan fingerprint density at radius 3 is 1.35 bits per heavy atom. The van der Waals surface area contributed by atoms with Gasteiger partial charge in [0, 0.05) is 45.6 Å². The van der Waals surface area contributed by atoms with Gasteiger partial charge < -0.3 is 14.9 Å². The molecule has 0 aliphatic heterocycles. The smallest absolute Gasteiger partial charge is 0.117 e. The van der Waals surface area contributed by atoms with E-state index in [0.29, 0.717) is 0 Å². The van der Waals surface area contributed by atoms with Gasteiger partial charge in [0.25, 0.3) is 0 Å². The Labute approximate surface area is 273 Å². The number of aryl methyl sites for hydroxylation is 1. The second kappa shape index (κ2) is 13.0. The van der Waals surface area contributed by atoms with Crippen LogP contribution in [0.4, 0.5) is 34.1 Å². The molecule has 1 aliphatic rings. The van der Waals surface area contributed by atoms with Gasteiger partial charge in [0.1, 0.15) is 5.75 Å². The number of phenolic OH excluding ortho intramolecular Hbond substituents is 1. The highest BCUT2D eigenvalue weighted by atomic mass is 16.3. The van der Waals surface area contributed by atoms with Crippen LogP contribution in [0.5, 0.6) is 5.75 Å². The van der Waals surface area contributed by atoms with E-state index < -0.39 is 0 Å². The molecule has 0 saturated heterocycles. The van der Waals surface area contributed by atoms with Crippen LogP contribution < -0.4 is 9.80 Å². The van der Waals surface area contributed by atoms with Gasteiger partial charge in [-0.05, 0) is 109 Å². The van der Waals surface area contributed by atoms with Crippen LogP contribution in [0.1, 0.15) is 48.8 Å². The predicted molar refractivity (Wildman–Crippen MR) is 193 cm³/mol. The summed E-state index contributed by atoms with van der Waals surface area (Å²) in [5.41, 5.74) is 10.5. The Balaban J connectivity index is 1.26. The van der Waals surface area contributed by atoms with Gasteiger partial charge in [-0.3, -0.25) is 0 Å². The molecule has 1 N–H and O–H groups in total. The minimum atomic E-state index is -0.0290. The van der Waals surface area contributed by atoms with Crippen molar-refractivity contribution in [3.05, 3.63) is 174 Å². The average molecular weight is 601 g/mol. The second-order valence-electron chi connectivity index (χ2n) is 12.4. The van der Waals surface area contributed by atoms with Crippen molar-refractivity contribution in [1.29, 1.82) is 0 Å². The third kappa shape index (κ3) is 5.89. The van der Waals surface area contributed by atoms with Crippen LogP contribution in [0.25, 0.3) is 0 Å². The highest BCUT2D eigenvalue weighted by Gasteiger charge is 2.36. The molecule has 1 aliphatic carbocycles. The Morgan fingerprint density at radius 2 is 0.870 bits per heavy atom. The van der Waals surface area contributed by atoms with Crippen LogP contribution in [0.2, 0.25) is 0 Å². The minimum Gasteiger partial charge on any atom is -0.508 e. The van der Waals surface area contributed by atoms with E-state index in [1.165, 1.54) is 36.0 Å². The number of hydrogen-bond donors (Lipinski definition) is 1. The zero-order valence-corrected chi connectivity index (χ0v) is 26.4. The largest absolute Gasteiger partial charge is 0.508 e. The molecular formula is C43H40N2O. The van der Waals surface area contributed by atoms with Gasteiger partial charge in [0.15, 0.2) is 0 Å². The first-order valence-corrected chi connectivity index (χ1v) is 16.4. The molecule has 1 fully saturated rings. The van der Waals surface area contributed by atoms with Crippen molar-refractivity contribution in [2.45, 2.75) is 44.4 Å². The second-order valence-corrected chi connectivity index (χ2v) is 12.4. The molecule has 0 amide bonds. The number of aromatic hydroxyl groups is 1. The molecular weight excluding hydrogens is 560 g/mol. The number of nitrogens with zero attached hydrogens (tertiary/aromatic N) is 2. The zero-order chi connectivity index (χ0) is 31.3. The molecule has 0 spiro atoms. The van der Waals surface area contributed by atoms with Crippen molar-refractivity contribution in [2.75, 3.05) is 9.80 Å². The van der Waals surface area contributed by atoms with Crippen molar-refractivity contribution < 1.29 is 5.11 Å². The van der Waals surface area contributed by atoms with Crippen molar-refractivity contribution in [3.63, 3.8) is 0 Å².